The number of nitrogens with zero attached hydrogens (tertiary/aromatic N) is 4. The van der Waals surface area contributed by atoms with Crippen LogP contribution in [0.25, 0.3) is 0 Å². The summed E-state index contributed by atoms with van der Waals surface area (Å²) in [7, 11) is 1.62. The second kappa shape index (κ2) is 6.08. The molecular weight excluding hydrogens is 240 g/mol. The van der Waals surface area contributed by atoms with Gasteiger partial charge < -0.3 is 9.64 Å². The van der Waals surface area contributed by atoms with E-state index in [4.69, 9.17) is 10.00 Å². The van der Waals surface area contributed by atoms with Crippen LogP contribution in [0.3, 0.4) is 0 Å². The minimum Gasteiger partial charge on any atom is -0.497 e. The van der Waals surface area contributed by atoms with Gasteiger partial charge in [-0.3, -0.25) is 4.90 Å². The molecule has 1 fully saturated rings. The lowest BCUT2D eigenvalue weighted by atomic mass is 10.1. The third-order valence-electron chi connectivity index (χ3n) is 3.33. The van der Waals surface area contributed by atoms with Crippen LogP contribution < -0.4 is 9.64 Å². The van der Waals surface area contributed by atoms with Gasteiger partial charge in [-0.2, -0.15) is 10.5 Å². The number of benzene rings is 1. The van der Waals surface area contributed by atoms with Crippen molar-refractivity contribution in [1.29, 1.82) is 10.5 Å². The molecule has 5 heteroatoms. The van der Waals surface area contributed by atoms with E-state index in [1.54, 1.807) is 19.2 Å². The van der Waals surface area contributed by atoms with E-state index in [0.29, 0.717) is 12.1 Å². The molecule has 5 nitrogen and oxygen atoms in total. The van der Waals surface area contributed by atoms with Crippen molar-refractivity contribution in [1.82, 2.24) is 4.90 Å². The SMILES string of the molecule is COc1ccc(C#N)c(N2CCN(CC#N)CC2)c1. The molecular formula is C14H16N4O. The van der Waals surface area contributed by atoms with E-state index >= 15 is 0 Å². The maximum Gasteiger partial charge on any atom is 0.121 e. The van der Waals surface area contributed by atoms with Gasteiger partial charge in [-0.15, -0.1) is 0 Å². The van der Waals surface area contributed by atoms with E-state index < -0.39 is 0 Å². The van der Waals surface area contributed by atoms with Gasteiger partial charge in [0.1, 0.15) is 11.8 Å². The van der Waals surface area contributed by atoms with Crippen LogP contribution >= 0.6 is 0 Å². The van der Waals surface area contributed by atoms with Crippen molar-refractivity contribution in [2.24, 2.45) is 0 Å². The van der Waals surface area contributed by atoms with Crippen molar-refractivity contribution in [3.63, 3.8) is 0 Å². The summed E-state index contributed by atoms with van der Waals surface area (Å²) >= 11 is 0. The number of piperazine rings is 1. The lowest BCUT2D eigenvalue weighted by molar-refractivity contribution is 0.287. The highest BCUT2D eigenvalue weighted by atomic mass is 16.5. The Hall–Kier alpha value is -2.24. The molecule has 1 aromatic rings. The Labute approximate surface area is 113 Å². The molecule has 1 heterocycles. The van der Waals surface area contributed by atoms with E-state index in [1.165, 1.54) is 0 Å². The summed E-state index contributed by atoms with van der Waals surface area (Å²) in [5.41, 5.74) is 1.58. The molecule has 2 rings (SSSR count). The third-order valence-corrected chi connectivity index (χ3v) is 3.33. The van der Waals surface area contributed by atoms with Crippen molar-refractivity contribution in [2.75, 3.05) is 44.7 Å². The number of rotatable bonds is 3. The number of hydrogen-bond acceptors (Lipinski definition) is 5. The second-order valence-electron chi connectivity index (χ2n) is 4.42. The molecule has 0 bridgehead atoms. The number of nitriles is 2. The Morgan fingerprint density at radius 3 is 2.53 bits per heavy atom. The van der Waals surface area contributed by atoms with Crippen molar-refractivity contribution in [2.45, 2.75) is 0 Å². The van der Waals surface area contributed by atoms with Crippen LogP contribution in [0, 0.1) is 22.7 Å². The fourth-order valence-electron chi connectivity index (χ4n) is 2.24. The second-order valence-corrected chi connectivity index (χ2v) is 4.42. The van der Waals surface area contributed by atoms with Gasteiger partial charge in [0.15, 0.2) is 0 Å². The van der Waals surface area contributed by atoms with Crippen LogP contribution in [0.5, 0.6) is 5.75 Å². The van der Waals surface area contributed by atoms with E-state index in [2.05, 4.69) is 21.9 Å². The summed E-state index contributed by atoms with van der Waals surface area (Å²) < 4.78 is 5.22. The van der Waals surface area contributed by atoms with Crippen LogP contribution in [0.15, 0.2) is 18.2 Å². The maximum atomic E-state index is 9.18. The number of hydrogen-bond donors (Lipinski definition) is 0. The van der Waals surface area contributed by atoms with Crippen LogP contribution in [-0.4, -0.2) is 44.7 Å². The van der Waals surface area contributed by atoms with Crippen LogP contribution in [0.2, 0.25) is 0 Å². The summed E-state index contributed by atoms with van der Waals surface area (Å²) in [6.07, 6.45) is 0. The molecule has 1 aliphatic heterocycles. The van der Waals surface area contributed by atoms with Crippen molar-refractivity contribution in [3.05, 3.63) is 23.8 Å². The first-order chi connectivity index (χ1) is 9.28. The molecule has 1 aliphatic rings. The fourth-order valence-corrected chi connectivity index (χ4v) is 2.24. The summed E-state index contributed by atoms with van der Waals surface area (Å²) in [5, 5.41) is 17.9. The Balaban J connectivity index is 2.15. The standard InChI is InChI=1S/C14H16N4O/c1-19-13-3-2-12(11-16)14(10-13)18-8-6-17(5-4-15)7-9-18/h2-3,10H,5-9H2,1H3. The van der Waals surface area contributed by atoms with Crippen molar-refractivity contribution >= 4 is 5.69 Å². The minimum absolute atomic E-state index is 0.469. The quantitative estimate of drug-likeness (QED) is 0.761. The lowest BCUT2D eigenvalue weighted by Gasteiger charge is -2.35. The predicted molar refractivity (Wildman–Crippen MR) is 72.0 cm³/mol. The Morgan fingerprint density at radius 1 is 1.21 bits per heavy atom. The summed E-state index contributed by atoms with van der Waals surface area (Å²) in [6, 6.07) is 9.87. The van der Waals surface area contributed by atoms with Gasteiger partial charge in [0.05, 0.1) is 31.0 Å². The summed E-state index contributed by atoms with van der Waals surface area (Å²) in [5.74, 6) is 0.758. The zero-order chi connectivity index (χ0) is 13.7. The van der Waals surface area contributed by atoms with Crippen molar-refractivity contribution < 1.29 is 4.74 Å². The predicted octanol–water partition coefficient (Wildman–Crippen LogP) is 1.21. The van der Waals surface area contributed by atoms with Gasteiger partial charge in [-0.25, -0.2) is 0 Å². The molecule has 0 N–H and O–H groups in total. The number of anilines is 1. The fraction of sp³-hybridized carbons (Fsp3) is 0.429. The van der Waals surface area contributed by atoms with Gasteiger partial charge >= 0.3 is 0 Å². The first-order valence-corrected chi connectivity index (χ1v) is 6.21. The summed E-state index contributed by atoms with van der Waals surface area (Å²) in [4.78, 5) is 4.29. The zero-order valence-electron chi connectivity index (χ0n) is 11.0. The molecule has 19 heavy (non-hydrogen) atoms. The molecule has 0 saturated carbocycles. The zero-order valence-corrected chi connectivity index (χ0v) is 11.0. The van der Waals surface area contributed by atoms with Gasteiger partial charge in [0.2, 0.25) is 0 Å². The van der Waals surface area contributed by atoms with Gasteiger partial charge in [0.25, 0.3) is 0 Å². The maximum absolute atomic E-state index is 9.18. The van der Waals surface area contributed by atoms with Crippen LogP contribution in [0.1, 0.15) is 5.56 Å². The smallest absolute Gasteiger partial charge is 0.121 e. The highest BCUT2D eigenvalue weighted by Crippen LogP contribution is 2.26. The first-order valence-electron chi connectivity index (χ1n) is 6.21. The molecule has 0 aromatic heterocycles. The Morgan fingerprint density at radius 2 is 1.95 bits per heavy atom. The Bertz CT molecular complexity index is 521. The average Bonchev–Trinajstić information content (AvgIpc) is 2.47. The highest BCUT2D eigenvalue weighted by Gasteiger charge is 2.19. The van der Waals surface area contributed by atoms with E-state index in [1.807, 2.05) is 6.07 Å². The van der Waals surface area contributed by atoms with E-state index in [0.717, 1.165) is 37.6 Å². The van der Waals surface area contributed by atoms with E-state index in [-0.39, 0.29) is 0 Å². The van der Waals surface area contributed by atoms with Gasteiger partial charge in [-0.05, 0) is 12.1 Å². The summed E-state index contributed by atoms with van der Waals surface area (Å²) in [6.45, 7) is 3.80. The third kappa shape index (κ3) is 2.96. The van der Waals surface area contributed by atoms with Gasteiger partial charge in [-0.1, -0.05) is 0 Å². The Kier molecular flexibility index (Phi) is 4.22. The number of methoxy groups -OCH3 is 1. The lowest BCUT2D eigenvalue weighted by Crippen LogP contribution is -2.46. The van der Waals surface area contributed by atoms with Gasteiger partial charge in [0, 0.05) is 32.2 Å². The highest BCUT2D eigenvalue weighted by molar-refractivity contribution is 5.62. The van der Waals surface area contributed by atoms with Crippen LogP contribution in [-0.2, 0) is 0 Å². The molecule has 0 unspecified atom stereocenters. The molecule has 1 aromatic carbocycles. The first kappa shape index (κ1) is 13.2. The topological polar surface area (TPSA) is 63.3 Å². The molecule has 0 radical (unpaired) electrons. The molecule has 0 amide bonds. The monoisotopic (exact) mass is 256 g/mol. The van der Waals surface area contributed by atoms with Crippen molar-refractivity contribution in [3.8, 4) is 17.9 Å². The molecule has 0 aliphatic carbocycles. The van der Waals surface area contributed by atoms with E-state index in [9.17, 15) is 5.26 Å². The number of ether oxygens (including phenoxy) is 1. The molecule has 98 valence electrons. The minimum atomic E-state index is 0.469. The molecule has 0 atom stereocenters. The molecule has 1 saturated heterocycles. The largest absolute Gasteiger partial charge is 0.497 e. The van der Waals surface area contributed by atoms with Crippen LogP contribution in [0.4, 0.5) is 5.69 Å². The average molecular weight is 256 g/mol. The molecule has 0 spiro atoms. The normalized spacial score (nSPS) is 15.6.